The highest BCUT2D eigenvalue weighted by Gasteiger charge is 2.61. The third-order valence-corrected chi connectivity index (χ3v) is 11.6. The first kappa shape index (κ1) is 123. The second kappa shape index (κ2) is 55.5. The largest absolute Gasteiger partial charge is 0.453 e. The number of carbonyl (C=O) groups excluding carboxylic acids is 18. The van der Waals surface area contributed by atoms with Gasteiger partial charge in [0.05, 0.1) is 83.5 Å². The molecule has 0 aliphatic rings. The minimum absolute atomic E-state index is 0.0434. The molecule has 0 aromatic carbocycles. The van der Waals surface area contributed by atoms with Crippen molar-refractivity contribution in [2.24, 2.45) is 5.41 Å². The van der Waals surface area contributed by atoms with Gasteiger partial charge in [0.2, 0.25) is 0 Å². The van der Waals surface area contributed by atoms with Gasteiger partial charge in [-0.2, -0.15) is 127 Å². The summed E-state index contributed by atoms with van der Waals surface area (Å²) in [6, 6.07) is 0. The molecule has 0 N–H and O–H groups in total. The minimum Gasteiger partial charge on any atom is -0.300 e. The van der Waals surface area contributed by atoms with Gasteiger partial charge in [0, 0.05) is 43.9 Å². The molecule has 0 aromatic heterocycles. The van der Waals surface area contributed by atoms with Crippen LogP contribution in [-0.4, -0.2) is 171 Å². The van der Waals surface area contributed by atoms with Crippen LogP contribution in [-0.2, 0) is 86.3 Å². The highest BCUT2D eigenvalue weighted by molar-refractivity contribution is 6.03. The Morgan fingerprint density at radius 2 is 0.354 bits per heavy atom. The minimum atomic E-state index is -5.77. The van der Waals surface area contributed by atoms with E-state index in [0.717, 1.165) is 34.1 Å². The lowest BCUT2D eigenvalue weighted by Gasteiger charge is -2.20. The number of hydrogen-bond donors (Lipinski definition) is 0. The SMILES string of the molecule is CC(=O)CC(=O)CC(F)(F)C(F)(F)F.CC(=O)CC(=O)CC(F)(F)C(F)(F)F.CC(=O)CC(=O)CC(F)(F)F.CC(=O)CC(=O)CC(F)(F)F.CC(C)(C)C(=O)CC(=O)CC(F)(F)C(F)(F)F.CCC(=O)CC(=O)CC.CCC(=O)CC(=O)CC(F)(F)C(F)(F)F.CCC(=O)CC(=O)CC(F)(F)F.CCCC(=O)CC(=O)CC. The molecule has 0 spiro atoms. The Balaban J connectivity index is -0.000000155. The molecule has 0 radical (unpaired) electrons. The highest BCUT2D eigenvalue weighted by Crippen LogP contribution is 2.42. The van der Waals surface area contributed by atoms with Crippen LogP contribution in [0.25, 0.3) is 0 Å². The van der Waals surface area contributed by atoms with Gasteiger partial charge in [0.15, 0.2) is 0 Å². The quantitative estimate of drug-likeness (QED) is 0.0415. The Hall–Kier alpha value is -7.97. The van der Waals surface area contributed by atoms with Gasteiger partial charge in [-0.05, 0) is 34.1 Å². The second-order valence-corrected chi connectivity index (χ2v) is 24.5. The van der Waals surface area contributed by atoms with Crippen molar-refractivity contribution < 1.29 is 214 Å². The molecular weight excluding hydrogens is 1630 g/mol. The van der Waals surface area contributed by atoms with Gasteiger partial charge in [0.1, 0.15) is 123 Å². The van der Waals surface area contributed by atoms with E-state index in [1.54, 1.807) is 20.8 Å². The summed E-state index contributed by atoms with van der Waals surface area (Å²) in [7, 11) is 0. The van der Waals surface area contributed by atoms with E-state index in [1.165, 1.54) is 34.6 Å². The molecule has 0 saturated heterocycles. The van der Waals surface area contributed by atoms with E-state index in [2.05, 4.69) is 0 Å². The van der Waals surface area contributed by atoms with Crippen LogP contribution in [0, 0.1) is 5.41 Å². The fraction of sp³-hybridized carbons (Fsp3) is 0.727. The number of Topliss-reactive ketones (excluding diaryl/α,β-unsaturated/α-hetero) is 18. The average Bonchev–Trinajstić information content (AvgIpc) is 0.850. The zero-order valence-electron chi connectivity index (χ0n) is 62.6. The van der Waals surface area contributed by atoms with Gasteiger partial charge >= 0.3 is 66.9 Å². The van der Waals surface area contributed by atoms with Crippen molar-refractivity contribution in [3.63, 3.8) is 0 Å². The Kier molecular flexibility index (Phi) is 60.6. The Morgan fingerprint density at radius 1 is 0.204 bits per heavy atom. The maximum absolute atomic E-state index is 12.5. The lowest BCUT2D eigenvalue weighted by atomic mass is 9.87. The van der Waals surface area contributed by atoms with Gasteiger partial charge in [-0.1, -0.05) is 62.3 Å². The van der Waals surface area contributed by atoms with E-state index in [-0.39, 0.29) is 48.8 Å². The van der Waals surface area contributed by atoms with Gasteiger partial charge in [-0.3, -0.25) is 86.3 Å². The molecule has 0 aliphatic heterocycles. The Bertz CT molecular complexity index is 3000. The highest BCUT2D eigenvalue weighted by atomic mass is 19.5. The number of ketones is 18. The Labute approximate surface area is 626 Å². The molecule has 113 heavy (non-hydrogen) atoms. The number of halogens is 29. The molecule has 0 amide bonds. The first-order valence-corrected chi connectivity index (χ1v) is 32.1. The first-order valence-electron chi connectivity index (χ1n) is 32.1. The summed E-state index contributed by atoms with van der Waals surface area (Å²) in [6.45, 7) is 18.5. The third-order valence-electron chi connectivity index (χ3n) is 11.6. The fourth-order valence-electron chi connectivity index (χ4n) is 5.93. The van der Waals surface area contributed by atoms with E-state index >= 15 is 0 Å². The average molecular weight is 1720 g/mol. The van der Waals surface area contributed by atoms with Crippen LogP contribution >= 0.6 is 0 Å². The standard InChI is InChI=1S/C10H13F5O2.C8H9F5O2.C8H14O2.2C7H7F5O2.C7H9F3O2.C7H12O2.2C6H7F3O2/c1-8(2,3)7(17)4-6(16)5-9(11,12)10(13,14)15;1-2-5(14)3-6(15)4-7(9,10)8(11,12)13;1-3-5-8(10)6-7(9)4-2;2*1-4(13)2-5(14)3-6(8,9)7(10,11)12;1-2-5(11)3-6(12)4-7(8,9)10;1-3-6(8)5-7(9)4-2;2*1-4(10)2-5(11)3-6(7,8)9/h4-5H2,1-3H3;2-4H2,1H3;3-6H2,1-2H3;2*2-3H2,1H3;2-4H2,1H3;3-5H2,1-2H3;2*2-3H2,1H3. The smallest absolute Gasteiger partial charge is 0.300 e. The molecular formula is C66H85F29O18. The first-order chi connectivity index (χ1) is 49.9. The van der Waals surface area contributed by atoms with Crippen LogP contribution in [0.4, 0.5) is 127 Å². The molecule has 18 nitrogen and oxygen atoms in total. The lowest BCUT2D eigenvalue weighted by Crippen LogP contribution is -2.39. The molecule has 0 aromatic rings. The molecule has 47 heteroatoms. The molecule has 0 rings (SSSR count). The number of hydrogen-bond acceptors (Lipinski definition) is 18. The summed E-state index contributed by atoms with van der Waals surface area (Å²) in [6.07, 6.45) is -51.2. The van der Waals surface area contributed by atoms with Crippen LogP contribution in [0.2, 0.25) is 0 Å². The summed E-state index contributed by atoms with van der Waals surface area (Å²) >= 11 is 0. The van der Waals surface area contributed by atoms with Gasteiger partial charge < -0.3 is 0 Å². The maximum Gasteiger partial charge on any atom is 0.453 e. The van der Waals surface area contributed by atoms with Gasteiger partial charge in [-0.15, -0.1) is 0 Å². The van der Waals surface area contributed by atoms with Crippen LogP contribution in [0.15, 0.2) is 0 Å². The van der Waals surface area contributed by atoms with E-state index in [9.17, 15) is 214 Å². The van der Waals surface area contributed by atoms with Crippen molar-refractivity contribution in [1.82, 2.24) is 0 Å². The molecule has 0 heterocycles. The zero-order chi connectivity index (χ0) is 92.7. The van der Waals surface area contributed by atoms with E-state index in [4.69, 9.17) is 0 Å². The van der Waals surface area contributed by atoms with Crippen LogP contribution in [0.3, 0.4) is 0 Å². The van der Waals surface area contributed by atoms with Crippen molar-refractivity contribution in [2.45, 2.75) is 305 Å². The Morgan fingerprint density at radius 3 is 0.504 bits per heavy atom. The summed E-state index contributed by atoms with van der Waals surface area (Å²) in [5, 5.41) is 0. The topological polar surface area (TPSA) is 307 Å². The van der Waals surface area contributed by atoms with Gasteiger partial charge in [0.25, 0.3) is 0 Å². The second-order valence-electron chi connectivity index (χ2n) is 24.5. The van der Waals surface area contributed by atoms with E-state index in [1.807, 2.05) is 6.92 Å². The lowest BCUT2D eigenvalue weighted by molar-refractivity contribution is -0.281. The van der Waals surface area contributed by atoms with Crippen molar-refractivity contribution in [3.05, 3.63) is 0 Å². The zero-order valence-corrected chi connectivity index (χ0v) is 62.6. The summed E-state index contributed by atoms with van der Waals surface area (Å²) in [4.78, 5) is 190. The summed E-state index contributed by atoms with van der Waals surface area (Å²) in [5.74, 6) is -33.2. The van der Waals surface area contributed by atoms with Crippen LogP contribution < -0.4 is 0 Å². The molecule has 0 aliphatic carbocycles. The number of rotatable bonds is 36. The summed E-state index contributed by atoms with van der Waals surface area (Å²) in [5.41, 5.74) is -0.941. The number of alkyl halides is 29. The summed E-state index contributed by atoms with van der Waals surface area (Å²) < 4.78 is 341. The molecule has 0 unspecified atom stereocenters. The maximum atomic E-state index is 12.5. The van der Waals surface area contributed by atoms with Crippen molar-refractivity contribution in [1.29, 1.82) is 0 Å². The van der Waals surface area contributed by atoms with Crippen LogP contribution in [0.5, 0.6) is 0 Å². The molecule has 0 fully saturated rings. The van der Waals surface area contributed by atoms with E-state index < -0.39 is 243 Å². The van der Waals surface area contributed by atoms with Crippen LogP contribution in [0.1, 0.15) is 238 Å². The van der Waals surface area contributed by atoms with Gasteiger partial charge in [-0.25, -0.2) is 0 Å². The third kappa shape index (κ3) is 77.7. The number of carbonyl (C=O) groups is 18. The predicted molar refractivity (Wildman–Crippen MR) is 335 cm³/mol. The van der Waals surface area contributed by atoms with Crippen molar-refractivity contribution in [3.8, 4) is 0 Å². The van der Waals surface area contributed by atoms with E-state index in [0.29, 0.717) is 25.7 Å². The monoisotopic (exact) mass is 1720 g/mol. The molecule has 0 bridgehead atoms. The predicted octanol–water partition coefficient (Wildman–Crippen LogP) is 17.8. The van der Waals surface area contributed by atoms with Crippen molar-refractivity contribution >= 4 is 104 Å². The molecule has 660 valence electrons. The van der Waals surface area contributed by atoms with Crippen molar-refractivity contribution in [2.75, 3.05) is 0 Å². The normalized spacial score (nSPS) is 11.8. The fourth-order valence-corrected chi connectivity index (χ4v) is 5.93. The molecule has 0 atom stereocenters. The molecule has 0 saturated carbocycles.